The highest BCUT2D eigenvalue weighted by molar-refractivity contribution is 7.98. The molecule has 0 saturated carbocycles. The highest BCUT2D eigenvalue weighted by atomic mass is 32.2. The van der Waals surface area contributed by atoms with Crippen molar-refractivity contribution in [2.24, 2.45) is 0 Å². The SMILES string of the molecule is CSc1ccccc1NC(=O)CN(C)CC(=O)N1C[C@H](C)O[C@@H](C)C1. The van der Waals surface area contributed by atoms with Crippen LogP contribution in [0, 0.1) is 0 Å². The number of rotatable bonds is 6. The van der Waals surface area contributed by atoms with Crippen LogP contribution in [-0.2, 0) is 14.3 Å². The normalized spacial score (nSPS) is 20.6. The summed E-state index contributed by atoms with van der Waals surface area (Å²) in [4.78, 5) is 29.3. The average molecular weight is 365 g/mol. The molecule has 25 heavy (non-hydrogen) atoms. The van der Waals surface area contributed by atoms with Crippen LogP contribution in [0.15, 0.2) is 29.2 Å². The van der Waals surface area contributed by atoms with Crippen molar-refractivity contribution in [1.82, 2.24) is 9.80 Å². The molecule has 1 aromatic rings. The van der Waals surface area contributed by atoms with Gasteiger partial charge in [-0.05, 0) is 39.3 Å². The summed E-state index contributed by atoms with van der Waals surface area (Å²) in [5.41, 5.74) is 0.801. The van der Waals surface area contributed by atoms with Crippen molar-refractivity contribution >= 4 is 29.3 Å². The van der Waals surface area contributed by atoms with E-state index >= 15 is 0 Å². The highest BCUT2D eigenvalue weighted by Gasteiger charge is 2.26. The van der Waals surface area contributed by atoms with Gasteiger partial charge < -0.3 is 15.0 Å². The van der Waals surface area contributed by atoms with E-state index in [0.29, 0.717) is 13.1 Å². The Bertz CT molecular complexity index is 601. The van der Waals surface area contributed by atoms with Crippen LogP contribution in [-0.4, -0.2) is 73.3 Å². The van der Waals surface area contributed by atoms with E-state index < -0.39 is 0 Å². The van der Waals surface area contributed by atoms with Crippen molar-refractivity contribution in [1.29, 1.82) is 0 Å². The number of benzene rings is 1. The summed E-state index contributed by atoms with van der Waals surface area (Å²) < 4.78 is 5.65. The van der Waals surface area contributed by atoms with Crippen LogP contribution in [0.4, 0.5) is 5.69 Å². The van der Waals surface area contributed by atoms with E-state index in [1.54, 1.807) is 23.7 Å². The number of para-hydroxylation sites is 1. The fourth-order valence-corrected chi connectivity index (χ4v) is 3.50. The van der Waals surface area contributed by atoms with Crippen LogP contribution in [0.3, 0.4) is 0 Å². The molecule has 1 saturated heterocycles. The van der Waals surface area contributed by atoms with Crippen LogP contribution in [0.25, 0.3) is 0 Å². The highest BCUT2D eigenvalue weighted by Crippen LogP contribution is 2.24. The zero-order valence-electron chi connectivity index (χ0n) is 15.3. The first-order valence-electron chi connectivity index (χ1n) is 8.43. The van der Waals surface area contributed by atoms with Gasteiger partial charge in [0.15, 0.2) is 0 Å². The van der Waals surface area contributed by atoms with E-state index in [9.17, 15) is 9.59 Å². The standard InChI is InChI=1S/C18H27N3O3S/c1-13-9-21(10-14(2)24-13)18(23)12-20(3)11-17(22)19-15-7-5-6-8-16(15)25-4/h5-8,13-14H,9-12H2,1-4H3,(H,19,22)/t13-,14-/m0/s1. The number of hydrogen-bond acceptors (Lipinski definition) is 5. The Kier molecular flexibility index (Phi) is 7.28. The van der Waals surface area contributed by atoms with Gasteiger partial charge in [-0.1, -0.05) is 12.1 Å². The number of amides is 2. The topological polar surface area (TPSA) is 61.9 Å². The lowest BCUT2D eigenvalue weighted by atomic mass is 10.2. The number of ether oxygens (including phenoxy) is 1. The maximum Gasteiger partial charge on any atom is 0.238 e. The van der Waals surface area contributed by atoms with Crippen molar-refractivity contribution in [3.05, 3.63) is 24.3 Å². The molecule has 7 heteroatoms. The van der Waals surface area contributed by atoms with E-state index in [4.69, 9.17) is 4.74 Å². The maximum absolute atomic E-state index is 12.4. The second kappa shape index (κ2) is 9.22. The third-order valence-corrected chi connectivity index (χ3v) is 4.77. The third-order valence-electron chi connectivity index (χ3n) is 3.97. The molecule has 1 fully saturated rings. The van der Waals surface area contributed by atoms with Crippen molar-refractivity contribution in [3.63, 3.8) is 0 Å². The maximum atomic E-state index is 12.4. The summed E-state index contributed by atoms with van der Waals surface area (Å²) in [6.45, 7) is 5.53. The Morgan fingerprint density at radius 1 is 1.24 bits per heavy atom. The van der Waals surface area contributed by atoms with Crippen LogP contribution >= 0.6 is 11.8 Å². The Labute approximate surface area is 153 Å². The lowest BCUT2D eigenvalue weighted by Gasteiger charge is -2.36. The van der Waals surface area contributed by atoms with E-state index in [1.807, 2.05) is 49.3 Å². The number of carbonyl (C=O) groups excluding carboxylic acids is 2. The van der Waals surface area contributed by atoms with E-state index in [0.717, 1.165) is 10.6 Å². The Balaban J connectivity index is 1.83. The first-order chi connectivity index (χ1) is 11.9. The predicted molar refractivity (Wildman–Crippen MR) is 101 cm³/mol. The van der Waals surface area contributed by atoms with Crippen LogP contribution in [0.1, 0.15) is 13.8 Å². The van der Waals surface area contributed by atoms with E-state index in [-0.39, 0.29) is 37.1 Å². The van der Waals surface area contributed by atoms with Crippen molar-refractivity contribution in [2.75, 3.05) is 44.8 Å². The minimum Gasteiger partial charge on any atom is -0.372 e. The molecule has 0 aromatic heterocycles. The number of nitrogens with zero attached hydrogens (tertiary/aromatic N) is 2. The van der Waals surface area contributed by atoms with Gasteiger partial charge in [0.25, 0.3) is 0 Å². The Morgan fingerprint density at radius 3 is 2.52 bits per heavy atom. The number of hydrogen-bond donors (Lipinski definition) is 1. The summed E-state index contributed by atoms with van der Waals surface area (Å²) in [6, 6.07) is 7.68. The number of carbonyl (C=O) groups is 2. The quantitative estimate of drug-likeness (QED) is 0.781. The number of likely N-dealkylation sites (N-methyl/N-ethyl adjacent to an activating group) is 1. The first kappa shape index (κ1) is 19.8. The molecule has 1 heterocycles. The smallest absolute Gasteiger partial charge is 0.238 e. The number of thioether (sulfide) groups is 1. The van der Waals surface area contributed by atoms with Gasteiger partial charge in [-0.15, -0.1) is 11.8 Å². The molecule has 2 atom stereocenters. The van der Waals surface area contributed by atoms with Gasteiger partial charge in [-0.25, -0.2) is 0 Å². The van der Waals surface area contributed by atoms with Gasteiger partial charge in [0.2, 0.25) is 11.8 Å². The van der Waals surface area contributed by atoms with Crippen molar-refractivity contribution in [3.8, 4) is 0 Å². The van der Waals surface area contributed by atoms with E-state index in [2.05, 4.69) is 5.32 Å². The zero-order chi connectivity index (χ0) is 18.4. The summed E-state index contributed by atoms with van der Waals surface area (Å²) in [5, 5.41) is 2.91. The van der Waals surface area contributed by atoms with Gasteiger partial charge in [-0.2, -0.15) is 0 Å². The molecule has 138 valence electrons. The molecule has 0 spiro atoms. The van der Waals surface area contributed by atoms with Crippen molar-refractivity contribution < 1.29 is 14.3 Å². The molecular weight excluding hydrogens is 338 g/mol. The second-order valence-corrected chi connectivity index (χ2v) is 7.32. The zero-order valence-corrected chi connectivity index (χ0v) is 16.1. The van der Waals surface area contributed by atoms with Crippen LogP contribution in [0.2, 0.25) is 0 Å². The molecule has 2 rings (SSSR count). The molecular formula is C18H27N3O3S. The fourth-order valence-electron chi connectivity index (χ4n) is 2.95. The molecule has 0 bridgehead atoms. The molecule has 0 unspecified atom stereocenters. The molecule has 6 nitrogen and oxygen atoms in total. The number of anilines is 1. The predicted octanol–water partition coefficient (Wildman–Crippen LogP) is 1.91. The summed E-state index contributed by atoms with van der Waals surface area (Å²) in [5.74, 6) is -0.0951. The monoisotopic (exact) mass is 365 g/mol. The second-order valence-electron chi connectivity index (χ2n) is 6.48. The van der Waals surface area contributed by atoms with Gasteiger partial charge in [0, 0.05) is 18.0 Å². The van der Waals surface area contributed by atoms with Gasteiger partial charge in [0.1, 0.15) is 0 Å². The third kappa shape index (κ3) is 6.02. The number of morpholine rings is 1. The largest absolute Gasteiger partial charge is 0.372 e. The van der Waals surface area contributed by atoms with Gasteiger partial charge in [-0.3, -0.25) is 14.5 Å². The first-order valence-corrected chi connectivity index (χ1v) is 9.66. The molecule has 1 aromatic carbocycles. The van der Waals surface area contributed by atoms with Crippen LogP contribution in [0.5, 0.6) is 0 Å². The van der Waals surface area contributed by atoms with Crippen LogP contribution < -0.4 is 5.32 Å². The minimum absolute atomic E-state index is 0.0295. The summed E-state index contributed by atoms with van der Waals surface area (Å²) >= 11 is 1.59. The Morgan fingerprint density at radius 2 is 1.88 bits per heavy atom. The lowest BCUT2D eigenvalue weighted by molar-refractivity contribution is -0.144. The van der Waals surface area contributed by atoms with Crippen molar-refractivity contribution in [2.45, 2.75) is 31.0 Å². The summed E-state index contributed by atoms with van der Waals surface area (Å²) in [7, 11) is 1.78. The molecule has 1 aliphatic rings. The number of nitrogens with one attached hydrogen (secondary N) is 1. The van der Waals surface area contributed by atoms with Gasteiger partial charge >= 0.3 is 0 Å². The molecule has 0 aliphatic carbocycles. The minimum atomic E-state index is -0.125. The Hall–Kier alpha value is -1.57. The summed E-state index contributed by atoms with van der Waals surface area (Å²) in [6.07, 6.45) is 2.06. The fraction of sp³-hybridized carbons (Fsp3) is 0.556. The molecule has 0 radical (unpaired) electrons. The molecule has 1 N–H and O–H groups in total. The lowest BCUT2D eigenvalue weighted by Crippen LogP contribution is -2.51. The average Bonchev–Trinajstić information content (AvgIpc) is 2.54. The molecule has 2 amide bonds. The van der Waals surface area contributed by atoms with Gasteiger partial charge in [0.05, 0.1) is 31.0 Å². The van der Waals surface area contributed by atoms with E-state index in [1.165, 1.54) is 0 Å². The molecule has 1 aliphatic heterocycles.